The molecular weight excluding hydrogens is 302 g/mol. The average Bonchev–Trinajstić information content (AvgIpc) is 3.00. The Hall–Kier alpha value is -1.93. The monoisotopic (exact) mass is 319 g/mol. The Morgan fingerprint density at radius 1 is 1.00 bits per heavy atom. The summed E-state index contributed by atoms with van der Waals surface area (Å²) in [5.74, 6) is 0.763. The largest absolute Gasteiger partial charge is 0.473 e. The molecule has 1 atom stereocenters. The maximum absolute atomic E-state index is 11.5. The summed E-state index contributed by atoms with van der Waals surface area (Å²) in [5.41, 5.74) is 10.6. The summed E-state index contributed by atoms with van der Waals surface area (Å²) >= 11 is 0. The van der Waals surface area contributed by atoms with Gasteiger partial charge in [0.1, 0.15) is 5.75 Å². The number of rotatable bonds is 4. The van der Waals surface area contributed by atoms with Crippen LogP contribution < -0.4 is 21.1 Å². The van der Waals surface area contributed by atoms with Gasteiger partial charge in [0.2, 0.25) is 0 Å². The van der Waals surface area contributed by atoms with Crippen LogP contribution >= 0.6 is 0 Å². The topological polar surface area (TPSA) is 79.5 Å². The van der Waals surface area contributed by atoms with Gasteiger partial charge in [-0.1, -0.05) is 24.3 Å². The fourth-order valence-electron chi connectivity index (χ4n) is 2.18. The molecule has 7 heteroatoms. The van der Waals surface area contributed by atoms with E-state index in [2.05, 4.69) is 16.4 Å². The zero-order valence-corrected chi connectivity index (χ0v) is 12.9. The second-order valence-electron chi connectivity index (χ2n) is 5.08. The second-order valence-corrected chi connectivity index (χ2v) is 7.09. The lowest BCUT2D eigenvalue weighted by Gasteiger charge is -2.12. The van der Waals surface area contributed by atoms with E-state index in [1.807, 2.05) is 24.3 Å². The predicted octanol–water partition coefficient (Wildman–Crippen LogP) is 1.07. The minimum absolute atomic E-state index is 0.111. The minimum Gasteiger partial charge on any atom is -0.473 e. The summed E-state index contributed by atoms with van der Waals surface area (Å²) < 4.78 is 28.6. The number of nitrogens with one attached hydrogen (secondary N) is 3. The van der Waals surface area contributed by atoms with Gasteiger partial charge in [0.15, 0.2) is 16.1 Å². The Morgan fingerprint density at radius 3 is 2.09 bits per heavy atom. The zero-order valence-electron chi connectivity index (χ0n) is 12.0. The van der Waals surface area contributed by atoms with E-state index in [9.17, 15) is 8.42 Å². The van der Waals surface area contributed by atoms with E-state index < -0.39 is 9.84 Å². The molecule has 1 fully saturated rings. The van der Waals surface area contributed by atoms with E-state index in [4.69, 9.17) is 4.74 Å². The lowest BCUT2D eigenvalue weighted by atomic mass is 10.1. The van der Waals surface area contributed by atoms with Crippen LogP contribution in [0.15, 0.2) is 53.4 Å². The van der Waals surface area contributed by atoms with E-state index in [-0.39, 0.29) is 6.23 Å². The first kappa shape index (κ1) is 15.0. The van der Waals surface area contributed by atoms with Gasteiger partial charge in [-0.05, 0) is 35.4 Å². The summed E-state index contributed by atoms with van der Waals surface area (Å²) in [6.07, 6.45) is 1.09. The normalized spacial score (nSPS) is 18.3. The lowest BCUT2D eigenvalue weighted by molar-refractivity contribution is 0.191. The van der Waals surface area contributed by atoms with Crippen molar-refractivity contribution in [2.75, 3.05) is 12.8 Å². The fraction of sp³-hybridized carbons (Fsp3) is 0.200. The van der Waals surface area contributed by atoms with Gasteiger partial charge in [-0.25, -0.2) is 19.3 Å². The standard InChI is InChI=1S/C15H17N3O3S/c1-22(19,20)14-8-4-12(5-9-14)11-2-6-13(7-3-11)21-15-10-16-18-17-15/h2-9,15-18H,10H2,1H3. The molecule has 1 saturated heterocycles. The molecule has 0 saturated carbocycles. The van der Waals surface area contributed by atoms with Crippen LogP contribution in [-0.4, -0.2) is 27.4 Å². The Bertz CT molecular complexity index is 737. The number of sulfone groups is 1. The molecule has 0 radical (unpaired) electrons. The fourth-order valence-corrected chi connectivity index (χ4v) is 2.81. The maximum Gasteiger partial charge on any atom is 0.177 e. The molecule has 22 heavy (non-hydrogen) atoms. The average molecular weight is 319 g/mol. The van der Waals surface area contributed by atoms with E-state index in [1.165, 1.54) is 6.26 Å². The minimum atomic E-state index is -3.16. The van der Waals surface area contributed by atoms with Crippen molar-refractivity contribution in [2.45, 2.75) is 11.1 Å². The smallest absolute Gasteiger partial charge is 0.177 e. The molecule has 116 valence electrons. The van der Waals surface area contributed by atoms with Crippen LogP contribution in [0.3, 0.4) is 0 Å². The third-order valence-electron chi connectivity index (χ3n) is 3.36. The highest BCUT2D eigenvalue weighted by atomic mass is 32.2. The number of benzene rings is 2. The summed E-state index contributed by atoms with van der Waals surface area (Å²) in [5, 5.41) is 0. The molecule has 0 amide bonds. The molecule has 1 unspecified atom stereocenters. The molecule has 1 heterocycles. The van der Waals surface area contributed by atoms with E-state index in [1.54, 1.807) is 24.3 Å². The molecule has 1 aliphatic rings. The molecule has 0 bridgehead atoms. The summed E-state index contributed by atoms with van der Waals surface area (Å²) in [6, 6.07) is 14.5. The molecular formula is C15H17N3O3S. The highest BCUT2D eigenvalue weighted by molar-refractivity contribution is 7.90. The van der Waals surface area contributed by atoms with Crippen molar-refractivity contribution in [2.24, 2.45) is 0 Å². The molecule has 0 aromatic heterocycles. The van der Waals surface area contributed by atoms with Crippen LogP contribution in [0.2, 0.25) is 0 Å². The first-order chi connectivity index (χ1) is 10.5. The molecule has 2 aromatic carbocycles. The van der Waals surface area contributed by atoms with Gasteiger partial charge in [-0.2, -0.15) is 5.53 Å². The van der Waals surface area contributed by atoms with Crippen LogP contribution in [0.4, 0.5) is 0 Å². The number of hydrogen-bond donors (Lipinski definition) is 3. The maximum atomic E-state index is 11.5. The number of hydrazine groups is 2. The quantitative estimate of drug-likeness (QED) is 0.782. The summed E-state index contributed by atoms with van der Waals surface area (Å²) in [6.45, 7) is 0.675. The van der Waals surface area contributed by atoms with E-state index in [0.29, 0.717) is 11.4 Å². The molecule has 2 aromatic rings. The van der Waals surface area contributed by atoms with Crippen molar-refractivity contribution in [3.63, 3.8) is 0 Å². The van der Waals surface area contributed by atoms with Crippen LogP contribution in [0.25, 0.3) is 11.1 Å². The second kappa shape index (κ2) is 6.05. The molecule has 3 N–H and O–H groups in total. The Morgan fingerprint density at radius 2 is 1.59 bits per heavy atom. The van der Waals surface area contributed by atoms with Crippen molar-refractivity contribution in [3.05, 3.63) is 48.5 Å². The van der Waals surface area contributed by atoms with Gasteiger partial charge >= 0.3 is 0 Å². The van der Waals surface area contributed by atoms with E-state index >= 15 is 0 Å². The highest BCUT2D eigenvalue weighted by Crippen LogP contribution is 2.24. The third kappa shape index (κ3) is 3.45. The Labute approximate surface area is 129 Å². The molecule has 3 rings (SSSR count). The molecule has 1 aliphatic heterocycles. The highest BCUT2D eigenvalue weighted by Gasteiger charge is 2.14. The van der Waals surface area contributed by atoms with Crippen molar-refractivity contribution in [1.82, 2.24) is 16.4 Å². The first-order valence-electron chi connectivity index (χ1n) is 6.83. The number of hydrogen-bond acceptors (Lipinski definition) is 6. The van der Waals surface area contributed by atoms with Crippen LogP contribution in [0.1, 0.15) is 0 Å². The van der Waals surface area contributed by atoms with Crippen LogP contribution in [0.5, 0.6) is 5.75 Å². The predicted molar refractivity (Wildman–Crippen MR) is 83.7 cm³/mol. The van der Waals surface area contributed by atoms with Gasteiger partial charge in [0.05, 0.1) is 11.4 Å². The van der Waals surface area contributed by atoms with Crippen molar-refractivity contribution >= 4 is 9.84 Å². The third-order valence-corrected chi connectivity index (χ3v) is 4.49. The molecule has 0 spiro atoms. The summed E-state index contributed by atoms with van der Waals surface area (Å²) in [7, 11) is -3.16. The zero-order chi connectivity index (χ0) is 15.6. The van der Waals surface area contributed by atoms with Gasteiger partial charge in [0, 0.05) is 6.26 Å². The van der Waals surface area contributed by atoms with Gasteiger partial charge in [0.25, 0.3) is 0 Å². The number of ether oxygens (including phenoxy) is 1. The van der Waals surface area contributed by atoms with E-state index in [0.717, 1.165) is 16.9 Å². The molecule has 0 aliphatic carbocycles. The van der Waals surface area contributed by atoms with Gasteiger partial charge in [-0.15, -0.1) is 0 Å². The summed E-state index contributed by atoms with van der Waals surface area (Å²) in [4.78, 5) is 0.323. The van der Waals surface area contributed by atoms with Crippen molar-refractivity contribution in [1.29, 1.82) is 0 Å². The van der Waals surface area contributed by atoms with Crippen LogP contribution in [-0.2, 0) is 9.84 Å². The van der Waals surface area contributed by atoms with Gasteiger partial charge in [-0.3, -0.25) is 0 Å². The Kier molecular flexibility index (Phi) is 4.12. The molecule has 6 nitrogen and oxygen atoms in total. The van der Waals surface area contributed by atoms with Gasteiger partial charge < -0.3 is 4.74 Å². The van der Waals surface area contributed by atoms with Crippen molar-refractivity contribution in [3.8, 4) is 16.9 Å². The van der Waals surface area contributed by atoms with Crippen LogP contribution in [0, 0.1) is 0 Å². The Balaban J connectivity index is 1.74. The van der Waals surface area contributed by atoms with Crippen molar-refractivity contribution < 1.29 is 13.2 Å². The SMILES string of the molecule is CS(=O)(=O)c1ccc(-c2ccc(OC3CNNN3)cc2)cc1. The lowest BCUT2D eigenvalue weighted by Crippen LogP contribution is -2.36. The first-order valence-corrected chi connectivity index (χ1v) is 8.72.